The van der Waals surface area contributed by atoms with Gasteiger partial charge in [-0.3, -0.25) is 9.79 Å². The van der Waals surface area contributed by atoms with Crippen molar-refractivity contribution in [2.45, 2.75) is 58.4 Å². The predicted octanol–water partition coefficient (Wildman–Crippen LogP) is 3.26. The molecule has 0 aromatic heterocycles. The maximum Gasteiger partial charge on any atom is 0.222 e. The fourth-order valence-electron chi connectivity index (χ4n) is 3.00. The Morgan fingerprint density at radius 2 is 2.25 bits per heavy atom. The van der Waals surface area contributed by atoms with Gasteiger partial charge < -0.3 is 15.1 Å². The summed E-state index contributed by atoms with van der Waals surface area (Å²) < 4.78 is 0. The van der Waals surface area contributed by atoms with Crippen LogP contribution >= 0.6 is 24.0 Å². The number of carbonyl (C=O) groups excluding carboxylic acids is 1. The maximum atomic E-state index is 11.9. The first kappa shape index (κ1) is 23.2. The van der Waals surface area contributed by atoms with Crippen molar-refractivity contribution in [3.8, 4) is 0 Å². The Bertz CT molecular complexity index is 400. The highest BCUT2D eigenvalue weighted by molar-refractivity contribution is 14.0. The quantitative estimate of drug-likeness (QED) is 0.183. The molecule has 1 aliphatic rings. The number of nitrogens with one attached hydrogen (secondary N) is 1. The highest BCUT2D eigenvalue weighted by Gasteiger charge is 2.26. The second-order valence-electron chi connectivity index (χ2n) is 6.13. The summed E-state index contributed by atoms with van der Waals surface area (Å²) in [5.41, 5.74) is 0. The smallest absolute Gasteiger partial charge is 0.222 e. The lowest BCUT2D eigenvalue weighted by Gasteiger charge is -2.27. The summed E-state index contributed by atoms with van der Waals surface area (Å²) in [5, 5.41) is 3.35. The van der Waals surface area contributed by atoms with Crippen LogP contribution in [0.25, 0.3) is 0 Å². The molecule has 0 saturated carbocycles. The van der Waals surface area contributed by atoms with Gasteiger partial charge in [0.25, 0.3) is 0 Å². The monoisotopic (exact) mass is 450 g/mol. The Hall–Kier alpha value is -0.790. The molecule has 140 valence electrons. The van der Waals surface area contributed by atoms with Crippen LogP contribution in [0.1, 0.15) is 52.4 Å². The number of hydrogen-bond donors (Lipinski definition) is 1. The van der Waals surface area contributed by atoms with Gasteiger partial charge in [0.15, 0.2) is 5.96 Å². The summed E-state index contributed by atoms with van der Waals surface area (Å²) in [5.74, 6) is 1.27. The zero-order valence-electron chi connectivity index (χ0n) is 15.6. The number of aliphatic imine (C=N–C) groups is 1. The minimum Gasteiger partial charge on any atom is -0.357 e. The van der Waals surface area contributed by atoms with Gasteiger partial charge in [-0.1, -0.05) is 13.0 Å². The zero-order valence-corrected chi connectivity index (χ0v) is 17.9. The number of guanidine groups is 1. The van der Waals surface area contributed by atoms with Gasteiger partial charge in [0.1, 0.15) is 0 Å². The normalized spacial score (nSPS) is 15.9. The van der Waals surface area contributed by atoms with Crippen molar-refractivity contribution in [2.75, 3.05) is 33.2 Å². The third-order valence-electron chi connectivity index (χ3n) is 4.34. The standard InChI is InChI=1S/C18H34N4O.HI/c1-5-8-9-14-21(4)18(19-7-3)20-13-12-16(6-2)22-15-10-11-17(22)23;/h5,16H,1,6-15H2,2-4H3,(H,19,20);1H. The molecule has 6 heteroatoms. The van der Waals surface area contributed by atoms with E-state index in [0.717, 1.165) is 64.2 Å². The topological polar surface area (TPSA) is 47.9 Å². The summed E-state index contributed by atoms with van der Waals surface area (Å²) in [6.45, 7) is 11.5. The molecule has 0 aromatic rings. The number of unbranched alkanes of at least 4 members (excludes halogenated alkanes) is 1. The van der Waals surface area contributed by atoms with Crippen LogP contribution in [0.3, 0.4) is 0 Å². The highest BCUT2D eigenvalue weighted by atomic mass is 127. The molecule has 1 atom stereocenters. The minimum atomic E-state index is 0. The molecule has 1 heterocycles. The van der Waals surface area contributed by atoms with Crippen LogP contribution < -0.4 is 5.32 Å². The molecule has 1 N–H and O–H groups in total. The van der Waals surface area contributed by atoms with Gasteiger partial charge in [0, 0.05) is 45.7 Å². The van der Waals surface area contributed by atoms with Crippen molar-refractivity contribution in [2.24, 2.45) is 4.99 Å². The molecule has 0 spiro atoms. The number of rotatable bonds is 10. The number of amides is 1. The Labute approximate surface area is 165 Å². The number of hydrogen-bond acceptors (Lipinski definition) is 2. The molecule has 0 bridgehead atoms. The van der Waals surface area contributed by atoms with Crippen molar-refractivity contribution < 1.29 is 4.79 Å². The molecular formula is C18H35IN4O. The largest absolute Gasteiger partial charge is 0.357 e. The lowest BCUT2D eigenvalue weighted by Crippen LogP contribution is -2.40. The van der Waals surface area contributed by atoms with Crippen LogP contribution in [0.5, 0.6) is 0 Å². The van der Waals surface area contributed by atoms with Crippen LogP contribution in [0.2, 0.25) is 0 Å². The predicted molar refractivity (Wildman–Crippen MR) is 113 cm³/mol. The molecule has 24 heavy (non-hydrogen) atoms. The number of allylic oxidation sites excluding steroid dienone is 1. The van der Waals surface area contributed by atoms with E-state index < -0.39 is 0 Å². The molecule has 0 radical (unpaired) electrons. The third kappa shape index (κ3) is 7.85. The second kappa shape index (κ2) is 13.5. The molecular weight excluding hydrogens is 415 g/mol. The first-order valence-corrected chi connectivity index (χ1v) is 9.03. The average Bonchev–Trinajstić information content (AvgIpc) is 2.96. The van der Waals surface area contributed by atoms with Crippen molar-refractivity contribution in [3.63, 3.8) is 0 Å². The van der Waals surface area contributed by atoms with E-state index in [9.17, 15) is 4.79 Å². The van der Waals surface area contributed by atoms with Crippen LogP contribution in [0, 0.1) is 0 Å². The van der Waals surface area contributed by atoms with Gasteiger partial charge in [-0.2, -0.15) is 0 Å². The van der Waals surface area contributed by atoms with E-state index in [2.05, 4.69) is 42.6 Å². The van der Waals surface area contributed by atoms with E-state index in [1.807, 2.05) is 6.08 Å². The van der Waals surface area contributed by atoms with Crippen LogP contribution in [-0.2, 0) is 4.79 Å². The van der Waals surface area contributed by atoms with Gasteiger partial charge in [-0.15, -0.1) is 30.6 Å². The molecule has 1 fully saturated rings. The van der Waals surface area contributed by atoms with Gasteiger partial charge in [0.05, 0.1) is 0 Å². The number of halogens is 1. The fraction of sp³-hybridized carbons (Fsp3) is 0.778. The number of carbonyl (C=O) groups is 1. The first-order chi connectivity index (χ1) is 11.1. The van der Waals surface area contributed by atoms with E-state index in [4.69, 9.17) is 4.99 Å². The Morgan fingerprint density at radius 1 is 1.50 bits per heavy atom. The lowest BCUT2D eigenvalue weighted by molar-refractivity contribution is -0.129. The lowest BCUT2D eigenvalue weighted by atomic mass is 10.1. The molecule has 1 amide bonds. The Morgan fingerprint density at radius 3 is 2.79 bits per heavy atom. The maximum absolute atomic E-state index is 11.9. The first-order valence-electron chi connectivity index (χ1n) is 9.03. The summed E-state index contributed by atoms with van der Waals surface area (Å²) in [7, 11) is 2.08. The molecule has 0 aromatic carbocycles. The minimum absolute atomic E-state index is 0. The van der Waals surface area contributed by atoms with Gasteiger partial charge in [-0.25, -0.2) is 0 Å². The van der Waals surface area contributed by atoms with Crippen LogP contribution in [0.15, 0.2) is 17.6 Å². The van der Waals surface area contributed by atoms with E-state index in [-0.39, 0.29) is 24.0 Å². The van der Waals surface area contributed by atoms with E-state index >= 15 is 0 Å². The fourth-order valence-corrected chi connectivity index (χ4v) is 3.00. The Balaban J connectivity index is 0.00000529. The summed E-state index contributed by atoms with van der Waals surface area (Å²) >= 11 is 0. The summed E-state index contributed by atoms with van der Waals surface area (Å²) in [6, 6.07) is 0.336. The second-order valence-corrected chi connectivity index (χ2v) is 6.13. The number of likely N-dealkylation sites (tertiary alicyclic amines) is 1. The van der Waals surface area contributed by atoms with Crippen molar-refractivity contribution in [1.82, 2.24) is 15.1 Å². The molecule has 0 aliphatic carbocycles. The van der Waals surface area contributed by atoms with E-state index in [1.165, 1.54) is 0 Å². The van der Waals surface area contributed by atoms with Crippen molar-refractivity contribution in [1.29, 1.82) is 0 Å². The molecule has 1 aliphatic heterocycles. The molecule has 1 unspecified atom stereocenters. The number of nitrogens with zero attached hydrogens (tertiary/aromatic N) is 3. The molecule has 1 saturated heterocycles. The van der Waals surface area contributed by atoms with Gasteiger partial charge in [0.2, 0.25) is 5.91 Å². The van der Waals surface area contributed by atoms with Crippen LogP contribution in [0.4, 0.5) is 0 Å². The van der Waals surface area contributed by atoms with Gasteiger partial charge >= 0.3 is 0 Å². The SMILES string of the molecule is C=CCCCN(C)C(=NCCC(CC)N1CCCC1=O)NCC.I. The van der Waals surface area contributed by atoms with Gasteiger partial charge in [-0.05, 0) is 39.0 Å². The molecule has 1 rings (SSSR count). The average molecular weight is 450 g/mol. The Kier molecular flexibility index (Phi) is 13.1. The van der Waals surface area contributed by atoms with Crippen molar-refractivity contribution >= 4 is 35.8 Å². The summed E-state index contributed by atoms with van der Waals surface area (Å²) in [4.78, 5) is 20.9. The summed E-state index contributed by atoms with van der Waals surface area (Å²) in [6.07, 6.45) is 7.74. The molecule has 5 nitrogen and oxygen atoms in total. The van der Waals surface area contributed by atoms with Crippen LogP contribution in [-0.4, -0.2) is 60.9 Å². The highest BCUT2D eigenvalue weighted by Crippen LogP contribution is 2.18. The third-order valence-corrected chi connectivity index (χ3v) is 4.34. The van der Waals surface area contributed by atoms with E-state index in [1.54, 1.807) is 0 Å². The van der Waals surface area contributed by atoms with E-state index in [0.29, 0.717) is 18.4 Å². The zero-order chi connectivity index (χ0) is 17.1. The van der Waals surface area contributed by atoms with Crippen molar-refractivity contribution in [3.05, 3.63) is 12.7 Å².